The number of thiophene rings is 1. The van der Waals surface area contributed by atoms with Gasteiger partial charge in [0.15, 0.2) is 0 Å². The number of rotatable bonds is 6. The molecule has 2 N–H and O–H groups in total. The van der Waals surface area contributed by atoms with Crippen molar-refractivity contribution in [3.05, 3.63) is 57.9 Å². The number of ether oxygens (including phenoxy) is 1. The lowest BCUT2D eigenvalue weighted by Gasteiger charge is -2.29. The van der Waals surface area contributed by atoms with E-state index in [0.29, 0.717) is 11.4 Å². The highest BCUT2D eigenvalue weighted by Crippen LogP contribution is 2.37. The molecule has 4 rings (SSSR count). The van der Waals surface area contributed by atoms with E-state index in [9.17, 15) is 21.6 Å². The molecule has 14 heteroatoms. The van der Waals surface area contributed by atoms with Gasteiger partial charge in [-0.1, -0.05) is 29.3 Å². The molecule has 0 bridgehead atoms. The number of anilines is 3. The molecule has 0 aliphatic carbocycles. The monoisotopic (exact) mass is 561 g/mol. The number of benzene rings is 2. The fourth-order valence-electron chi connectivity index (χ4n) is 3.22. The minimum Gasteiger partial charge on any atom is -0.490 e. The van der Waals surface area contributed by atoms with E-state index in [1.54, 1.807) is 11.4 Å². The third-order valence-electron chi connectivity index (χ3n) is 4.79. The molecule has 0 spiro atoms. The van der Waals surface area contributed by atoms with Crippen LogP contribution in [0.3, 0.4) is 0 Å². The van der Waals surface area contributed by atoms with Gasteiger partial charge in [0.1, 0.15) is 16.6 Å². The maximum absolute atomic E-state index is 13.2. The van der Waals surface area contributed by atoms with Crippen LogP contribution in [0.4, 0.5) is 17.1 Å². The summed E-state index contributed by atoms with van der Waals surface area (Å²) in [5.41, 5.74) is 0.0688. The average molecular weight is 562 g/mol. The third kappa shape index (κ3) is 4.96. The molecule has 1 amide bonds. The second-order valence-electron chi connectivity index (χ2n) is 7.10. The smallest absolute Gasteiger partial charge is 0.271 e. The SMILES string of the molecule is CC(=O)N1CCOc2ccc(S(=O)(=O)Nc3cc(Cl)c(Cl)cc3NS(=O)(=O)c3cccs3)cc21. The minimum absolute atomic E-state index is 0.0139. The summed E-state index contributed by atoms with van der Waals surface area (Å²) in [4.78, 5) is 13.2. The van der Waals surface area contributed by atoms with Gasteiger partial charge in [0, 0.05) is 6.92 Å². The lowest BCUT2D eigenvalue weighted by atomic mass is 10.2. The van der Waals surface area contributed by atoms with Gasteiger partial charge in [0.25, 0.3) is 20.0 Å². The largest absolute Gasteiger partial charge is 0.490 e. The molecular weight excluding hydrogens is 545 g/mol. The van der Waals surface area contributed by atoms with Crippen LogP contribution in [0.25, 0.3) is 0 Å². The number of nitrogens with one attached hydrogen (secondary N) is 2. The Hall–Kier alpha value is -2.51. The molecule has 1 aliphatic heterocycles. The van der Waals surface area contributed by atoms with Crippen LogP contribution < -0.4 is 19.1 Å². The van der Waals surface area contributed by atoms with Crippen molar-refractivity contribution in [3.8, 4) is 5.75 Å². The Kier molecular flexibility index (Phi) is 6.71. The Bertz CT molecular complexity index is 1480. The van der Waals surface area contributed by atoms with Crippen LogP contribution >= 0.6 is 34.5 Å². The van der Waals surface area contributed by atoms with Crippen molar-refractivity contribution >= 4 is 77.6 Å². The van der Waals surface area contributed by atoms with E-state index in [0.717, 1.165) is 11.3 Å². The van der Waals surface area contributed by atoms with Crippen molar-refractivity contribution < 1.29 is 26.4 Å². The highest BCUT2D eigenvalue weighted by molar-refractivity contribution is 7.94. The standard InChI is InChI=1S/C20H17Cl2N3O6S3/c1-12(26)25-6-7-31-19-5-4-13(9-18(19)25)33(27,28)23-16-10-14(21)15(22)11-17(16)24-34(29,30)20-3-2-8-32-20/h2-5,8-11,23-24H,6-7H2,1H3. The summed E-state index contributed by atoms with van der Waals surface area (Å²) in [5.74, 6) is 0.112. The first kappa shape index (κ1) is 24.6. The van der Waals surface area contributed by atoms with E-state index in [4.69, 9.17) is 27.9 Å². The van der Waals surface area contributed by atoms with Crippen LogP contribution in [0.15, 0.2) is 56.9 Å². The quantitative estimate of drug-likeness (QED) is 0.459. The second-order valence-corrected chi connectivity index (χ2v) is 12.5. The van der Waals surface area contributed by atoms with E-state index in [-0.39, 0.29) is 49.6 Å². The molecule has 3 aromatic rings. The van der Waals surface area contributed by atoms with Crippen molar-refractivity contribution in [3.63, 3.8) is 0 Å². The van der Waals surface area contributed by atoms with Gasteiger partial charge in [0.2, 0.25) is 5.91 Å². The first-order valence-corrected chi connectivity index (χ1v) is 14.2. The fraction of sp³-hybridized carbons (Fsp3) is 0.150. The van der Waals surface area contributed by atoms with Crippen molar-refractivity contribution in [2.75, 3.05) is 27.5 Å². The van der Waals surface area contributed by atoms with Gasteiger partial charge in [0.05, 0.1) is 38.5 Å². The molecule has 0 radical (unpaired) electrons. The molecule has 1 aromatic heterocycles. The number of carbonyl (C=O) groups is 1. The summed E-state index contributed by atoms with van der Waals surface area (Å²) >= 11 is 13.1. The Morgan fingerprint density at radius 1 is 1.00 bits per heavy atom. The van der Waals surface area contributed by atoms with Gasteiger partial charge >= 0.3 is 0 Å². The summed E-state index contributed by atoms with van der Waals surface area (Å²) in [5, 5.41) is 1.63. The zero-order chi connectivity index (χ0) is 24.7. The molecule has 1 aliphatic rings. The summed E-state index contributed by atoms with van der Waals surface area (Å²) < 4.78 is 62.0. The molecule has 0 atom stereocenters. The number of fused-ring (bicyclic) bond motifs is 1. The second kappa shape index (κ2) is 9.27. The first-order chi connectivity index (χ1) is 16.0. The summed E-state index contributed by atoms with van der Waals surface area (Å²) in [6.07, 6.45) is 0. The summed E-state index contributed by atoms with van der Waals surface area (Å²) in [6.45, 7) is 1.94. The van der Waals surface area contributed by atoms with Gasteiger partial charge in [-0.2, -0.15) is 0 Å². The van der Waals surface area contributed by atoms with E-state index in [2.05, 4.69) is 9.44 Å². The zero-order valence-corrected chi connectivity index (χ0v) is 21.4. The molecule has 0 fully saturated rings. The van der Waals surface area contributed by atoms with E-state index >= 15 is 0 Å². The summed E-state index contributed by atoms with van der Waals surface area (Å²) in [7, 11) is -8.23. The van der Waals surface area contributed by atoms with Crippen molar-refractivity contribution in [1.29, 1.82) is 0 Å². The van der Waals surface area contributed by atoms with Crippen LogP contribution in [0.1, 0.15) is 6.92 Å². The van der Waals surface area contributed by atoms with Gasteiger partial charge in [-0.3, -0.25) is 14.2 Å². The number of carbonyl (C=O) groups excluding carboxylic acids is 1. The molecule has 2 aromatic carbocycles. The number of sulfonamides is 2. The van der Waals surface area contributed by atoms with Gasteiger partial charge in [-0.05, 0) is 41.8 Å². The molecule has 2 heterocycles. The minimum atomic E-state index is -4.23. The number of amides is 1. The predicted octanol–water partition coefficient (Wildman–Crippen LogP) is 4.40. The molecule has 0 saturated carbocycles. The van der Waals surface area contributed by atoms with E-state index in [1.165, 1.54) is 48.2 Å². The number of hydrogen-bond acceptors (Lipinski definition) is 7. The highest BCUT2D eigenvalue weighted by Gasteiger charge is 2.26. The molecule has 180 valence electrons. The lowest BCUT2D eigenvalue weighted by molar-refractivity contribution is -0.116. The number of hydrogen-bond donors (Lipinski definition) is 2. The Balaban J connectivity index is 1.72. The molecule has 34 heavy (non-hydrogen) atoms. The van der Waals surface area contributed by atoms with Gasteiger partial charge in [-0.25, -0.2) is 16.8 Å². The van der Waals surface area contributed by atoms with Crippen molar-refractivity contribution in [2.45, 2.75) is 16.0 Å². The molecule has 0 saturated heterocycles. The molecular formula is C20H17Cl2N3O6S3. The van der Waals surface area contributed by atoms with Gasteiger partial charge < -0.3 is 9.64 Å². The molecule has 0 unspecified atom stereocenters. The van der Waals surface area contributed by atoms with Crippen LogP contribution in [0, 0.1) is 0 Å². The van der Waals surface area contributed by atoms with Crippen LogP contribution in [-0.4, -0.2) is 35.9 Å². The number of nitrogens with zero attached hydrogens (tertiary/aromatic N) is 1. The van der Waals surface area contributed by atoms with Crippen molar-refractivity contribution in [2.24, 2.45) is 0 Å². The normalized spacial score (nSPS) is 13.7. The Morgan fingerprint density at radius 3 is 2.24 bits per heavy atom. The Labute approximate surface area is 210 Å². The first-order valence-electron chi connectivity index (χ1n) is 9.61. The maximum atomic E-state index is 13.2. The van der Waals surface area contributed by atoms with E-state index < -0.39 is 20.0 Å². The topological polar surface area (TPSA) is 122 Å². The predicted molar refractivity (Wildman–Crippen MR) is 132 cm³/mol. The van der Waals surface area contributed by atoms with Crippen LogP contribution in [0.2, 0.25) is 10.0 Å². The van der Waals surface area contributed by atoms with Crippen LogP contribution in [0.5, 0.6) is 5.75 Å². The highest BCUT2D eigenvalue weighted by atomic mass is 35.5. The molecule has 9 nitrogen and oxygen atoms in total. The Morgan fingerprint density at radius 2 is 1.65 bits per heavy atom. The number of halogens is 2. The third-order valence-corrected chi connectivity index (χ3v) is 9.64. The zero-order valence-electron chi connectivity index (χ0n) is 17.4. The fourth-order valence-corrected chi connectivity index (χ4v) is 6.70. The van der Waals surface area contributed by atoms with Crippen molar-refractivity contribution in [1.82, 2.24) is 0 Å². The maximum Gasteiger partial charge on any atom is 0.271 e. The van der Waals surface area contributed by atoms with Crippen LogP contribution in [-0.2, 0) is 24.8 Å². The average Bonchev–Trinajstić information content (AvgIpc) is 3.32. The van der Waals surface area contributed by atoms with E-state index in [1.807, 2.05) is 0 Å². The van der Waals surface area contributed by atoms with Gasteiger partial charge in [-0.15, -0.1) is 11.3 Å². The summed E-state index contributed by atoms with van der Waals surface area (Å²) in [6, 6.07) is 9.48. The lowest BCUT2D eigenvalue weighted by Crippen LogP contribution is -2.36.